The molecular formula is C26H32N2O5S. The monoisotopic (exact) mass is 484 g/mol. The Morgan fingerprint density at radius 1 is 0.853 bits per heavy atom. The highest BCUT2D eigenvalue weighted by Gasteiger charge is 2.32. The van der Waals surface area contributed by atoms with E-state index >= 15 is 0 Å². The maximum Gasteiger partial charge on any atom is 0.307 e. The van der Waals surface area contributed by atoms with Gasteiger partial charge in [-0.05, 0) is 99.1 Å². The summed E-state index contributed by atoms with van der Waals surface area (Å²) in [6.45, 7) is 3.11. The van der Waals surface area contributed by atoms with Crippen LogP contribution in [-0.4, -0.2) is 52.9 Å². The van der Waals surface area contributed by atoms with E-state index in [0.717, 1.165) is 37.1 Å². The van der Waals surface area contributed by atoms with Crippen molar-refractivity contribution in [3.05, 3.63) is 59.7 Å². The molecule has 34 heavy (non-hydrogen) atoms. The van der Waals surface area contributed by atoms with E-state index in [4.69, 9.17) is 0 Å². The zero-order valence-corrected chi connectivity index (χ0v) is 19.9. The summed E-state index contributed by atoms with van der Waals surface area (Å²) in [5.74, 6) is -2.34. The molecule has 0 saturated carbocycles. The number of carboxylic acids is 2. The van der Waals surface area contributed by atoms with Crippen molar-refractivity contribution in [3.8, 4) is 0 Å². The number of hydrogen-bond donors (Lipinski definition) is 4. The lowest BCUT2D eigenvalue weighted by Gasteiger charge is -2.20. The van der Waals surface area contributed by atoms with Crippen molar-refractivity contribution in [1.29, 1.82) is 0 Å². The van der Waals surface area contributed by atoms with Crippen LogP contribution < -0.4 is 10.6 Å². The minimum atomic E-state index is -1.44. The average molecular weight is 485 g/mol. The van der Waals surface area contributed by atoms with Gasteiger partial charge >= 0.3 is 11.9 Å². The van der Waals surface area contributed by atoms with E-state index < -0.39 is 35.0 Å². The lowest BCUT2D eigenvalue weighted by Crippen LogP contribution is -2.27. The fourth-order valence-electron chi connectivity index (χ4n) is 5.17. The van der Waals surface area contributed by atoms with Gasteiger partial charge in [0.2, 0.25) is 0 Å². The molecule has 0 unspecified atom stereocenters. The second kappa shape index (κ2) is 11.4. The Morgan fingerprint density at radius 3 is 1.65 bits per heavy atom. The fraction of sp³-hybridized carbons (Fsp3) is 0.462. The first-order valence-electron chi connectivity index (χ1n) is 11.9. The van der Waals surface area contributed by atoms with Crippen molar-refractivity contribution in [2.45, 2.75) is 35.5 Å². The van der Waals surface area contributed by atoms with Crippen LogP contribution in [-0.2, 0) is 33.6 Å². The Kier molecular flexibility index (Phi) is 8.26. The van der Waals surface area contributed by atoms with Crippen molar-refractivity contribution in [1.82, 2.24) is 10.6 Å². The molecule has 7 nitrogen and oxygen atoms in total. The van der Waals surface area contributed by atoms with E-state index in [2.05, 4.69) is 10.6 Å². The first-order valence-corrected chi connectivity index (χ1v) is 13.0. The lowest BCUT2D eigenvalue weighted by molar-refractivity contribution is -0.144. The SMILES string of the molecule is O=C(O)[C@@H](Cc1cccc([S+]([O-])c2cccc(C[C@H](C(=O)O)[C@H]3CCNC3)c2)c1)[C@H]1CCNC1. The molecule has 4 N–H and O–H groups in total. The summed E-state index contributed by atoms with van der Waals surface area (Å²) >= 11 is -1.44. The molecule has 2 aromatic carbocycles. The molecular weight excluding hydrogens is 452 g/mol. The zero-order chi connectivity index (χ0) is 24.1. The van der Waals surface area contributed by atoms with Crippen LogP contribution in [0, 0.1) is 23.7 Å². The summed E-state index contributed by atoms with van der Waals surface area (Å²) in [7, 11) is 0. The smallest absolute Gasteiger partial charge is 0.307 e. The van der Waals surface area contributed by atoms with Crippen LogP contribution in [0.4, 0.5) is 0 Å². The molecule has 0 aromatic heterocycles. The third-order valence-corrected chi connectivity index (χ3v) is 8.47. The highest BCUT2D eigenvalue weighted by molar-refractivity contribution is 7.91. The van der Waals surface area contributed by atoms with E-state index in [1.54, 1.807) is 12.1 Å². The predicted molar refractivity (Wildman–Crippen MR) is 129 cm³/mol. The van der Waals surface area contributed by atoms with Gasteiger partial charge in [-0.3, -0.25) is 9.59 Å². The molecule has 8 heteroatoms. The second-order valence-electron chi connectivity index (χ2n) is 9.37. The summed E-state index contributed by atoms with van der Waals surface area (Å²) in [5, 5.41) is 25.9. The largest absolute Gasteiger partial charge is 0.606 e. The van der Waals surface area contributed by atoms with Gasteiger partial charge in [0, 0.05) is 11.2 Å². The van der Waals surface area contributed by atoms with Gasteiger partial charge in [-0.25, -0.2) is 0 Å². The number of nitrogens with one attached hydrogen (secondary N) is 2. The maximum absolute atomic E-state index is 13.4. The van der Waals surface area contributed by atoms with Crippen LogP contribution in [0.5, 0.6) is 0 Å². The predicted octanol–water partition coefficient (Wildman–Crippen LogP) is 2.56. The quantitative estimate of drug-likeness (QED) is 0.382. The minimum absolute atomic E-state index is 0.0978. The number of carbonyl (C=O) groups is 2. The molecule has 2 saturated heterocycles. The molecule has 0 bridgehead atoms. The molecule has 182 valence electrons. The van der Waals surface area contributed by atoms with Crippen LogP contribution in [0.1, 0.15) is 24.0 Å². The number of aliphatic carboxylic acids is 2. The van der Waals surface area contributed by atoms with E-state index in [0.29, 0.717) is 35.7 Å². The van der Waals surface area contributed by atoms with Crippen LogP contribution in [0.3, 0.4) is 0 Å². The molecule has 4 rings (SSSR count). The Hall–Kier alpha value is -2.39. The molecule has 0 radical (unpaired) electrons. The standard InChI is InChI=1S/C26H32N2O5S/c29-25(30)23(19-7-9-27-15-19)13-17-3-1-5-21(11-17)34(33)22-6-2-4-18(12-22)14-24(26(31)32)20-8-10-28-16-20/h1-6,11-12,19-20,23-24,27-28H,7-10,13-16H2,(H,29,30)(H,31,32)/t19-,20-,23-,24-/m0/s1. The Balaban J connectivity index is 1.49. The molecule has 2 aliphatic heterocycles. The van der Waals surface area contributed by atoms with Crippen molar-refractivity contribution >= 4 is 23.1 Å². The molecule has 0 spiro atoms. The first kappa shape index (κ1) is 24.7. The van der Waals surface area contributed by atoms with E-state index in [1.165, 1.54) is 0 Å². The third-order valence-electron chi connectivity index (χ3n) is 7.11. The van der Waals surface area contributed by atoms with Gasteiger partial charge in [0.25, 0.3) is 0 Å². The van der Waals surface area contributed by atoms with Gasteiger partial charge in [0.05, 0.1) is 11.8 Å². The number of rotatable bonds is 10. The third kappa shape index (κ3) is 5.99. The van der Waals surface area contributed by atoms with E-state index in [-0.39, 0.29) is 11.8 Å². The van der Waals surface area contributed by atoms with Crippen LogP contribution in [0.25, 0.3) is 0 Å². The van der Waals surface area contributed by atoms with E-state index in [9.17, 15) is 24.4 Å². The van der Waals surface area contributed by atoms with Gasteiger partial charge in [0.1, 0.15) is 0 Å². The second-order valence-corrected chi connectivity index (χ2v) is 10.8. The minimum Gasteiger partial charge on any atom is -0.606 e. The van der Waals surface area contributed by atoms with Gasteiger partial charge in [-0.2, -0.15) is 0 Å². The highest BCUT2D eigenvalue weighted by Crippen LogP contribution is 2.28. The molecule has 0 amide bonds. The van der Waals surface area contributed by atoms with Gasteiger partial charge in [-0.15, -0.1) is 0 Å². The van der Waals surface area contributed by atoms with Gasteiger partial charge in [-0.1, -0.05) is 24.3 Å². The number of carboxylic acid groups (broad SMARTS) is 2. The summed E-state index contributed by atoms with van der Waals surface area (Å²) in [6, 6.07) is 14.7. The highest BCUT2D eigenvalue weighted by atomic mass is 32.2. The fourth-order valence-corrected chi connectivity index (χ4v) is 6.36. The summed E-state index contributed by atoms with van der Waals surface area (Å²) in [5.41, 5.74) is 1.72. The first-order chi connectivity index (χ1) is 16.4. The zero-order valence-electron chi connectivity index (χ0n) is 19.1. The molecule has 0 aliphatic carbocycles. The Labute approximate surface area is 203 Å². The number of benzene rings is 2. The molecule has 4 atom stereocenters. The summed E-state index contributed by atoms with van der Waals surface area (Å²) in [6.07, 6.45) is 2.51. The molecule has 2 aromatic rings. The van der Waals surface area contributed by atoms with Crippen molar-refractivity contribution in [2.75, 3.05) is 26.2 Å². The Bertz CT molecular complexity index is 925. The Morgan fingerprint density at radius 2 is 1.29 bits per heavy atom. The average Bonchev–Trinajstić information content (AvgIpc) is 3.55. The van der Waals surface area contributed by atoms with Crippen LogP contribution in [0.15, 0.2) is 58.3 Å². The van der Waals surface area contributed by atoms with Crippen molar-refractivity contribution in [2.24, 2.45) is 23.7 Å². The lowest BCUT2D eigenvalue weighted by atomic mass is 9.86. The normalized spacial score (nSPS) is 22.1. The van der Waals surface area contributed by atoms with Gasteiger partial charge in [0.15, 0.2) is 9.79 Å². The van der Waals surface area contributed by atoms with Crippen LogP contribution in [0.2, 0.25) is 0 Å². The number of hydrogen-bond acceptors (Lipinski definition) is 5. The maximum atomic E-state index is 13.4. The summed E-state index contributed by atoms with van der Waals surface area (Å²) in [4.78, 5) is 25.0. The summed E-state index contributed by atoms with van der Waals surface area (Å²) < 4.78 is 13.4. The van der Waals surface area contributed by atoms with Crippen molar-refractivity contribution < 1.29 is 24.4 Å². The molecule has 2 aliphatic rings. The van der Waals surface area contributed by atoms with Crippen molar-refractivity contribution in [3.63, 3.8) is 0 Å². The van der Waals surface area contributed by atoms with E-state index in [1.807, 2.05) is 36.4 Å². The van der Waals surface area contributed by atoms with Crippen LogP contribution >= 0.6 is 0 Å². The van der Waals surface area contributed by atoms with Gasteiger partial charge < -0.3 is 25.4 Å². The molecule has 2 fully saturated rings. The molecule has 2 heterocycles. The topological polar surface area (TPSA) is 122 Å².